The van der Waals surface area contributed by atoms with Crippen molar-refractivity contribution in [3.05, 3.63) is 59.4 Å². The number of rotatable bonds is 7. The van der Waals surface area contributed by atoms with Crippen LogP contribution in [0.15, 0.2) is 46.9 Å². The van der Waals surface area contributed by atoms with Crippen molar-refractivity contribution in [1.82, 2.24) is 0 Å². The van der Waals surface area contributed by atoms with Crippen LogP contribution in [-0.4, -0.2) is 37.0 Å². The number of carbonyl (C=O) groups is 3. The van der Waals surface area contributed by atoms with Gasteiger partial charge in [-0.15, -0.1) is 0 Å². The standard InChI is InChI=1S/C23H21NO7/c1-13(2)28-10-16-15-5-3-4-6-19(15)31-22(16)23(27)30-11-18(25)14-7-8-20-17(9-14)24-21(26)12-29-20/h3-9,13H,10-12H2,1-2H3,(H,24,26). The third kappa shape index (κ3) is 4.44. The van der Waals surface area contributed by atoms with Crippen LogP contribution in [0.3, 0.4) is 0 Å². The summed E-state index contributed by atoms with van der Waals surface area (Å²) in [4.78, 5) is 36.7. The molecular formula is C23H21NO7. The van der Waals surface area contributed by atoms with Crippen molar-refractivity contribution in [2.24, 2.45) is 0 Å². The molecule has 0 radical (unpaired) electrons. The number of anilines is 1. The number of Topliss-reactive ketones (excluding diaryl/α,β-unsaturated/α-hetero) is 1. The summed E-state index contributed by atoms with van der Waals surface area (Å²) in [7, 11) is 0. The Labute approximate surface area is 178 Å². The molecule has 160 valence electrons. The van der Waals surface area contributed by atoms with Crippen LogP contribution in [0.2, 0.25) is 0 Å². The molecule has 8 nitrogen and oxygen atoms in total. The smallest absolute Gasteiger partial charge is 0.375 e. The molecule has 2 heterocycles. The van der Waals surface area contributed by atoms with Crippen LogP contribution in [0.25, 0.3) is 11.0 Å². The number of nitrogens with one attached hydrogen (secondary N) is 1. The summed E-state index contributed by atoms with van der Waals surface area (Å²) in [5, 5.41) is 3.39. The molecule has 0 unspecified atom stereocenters. The molecule has 1 amide bonds. The van der Waals surface area contributed by atoms with Crippen LogP contribution >= 0.6 is 0 Å². The zero-order chi connectivity index (χ0) is 22.0. The van der Waals surface area contributed by atoms with E-state index in [9.17, 15) is 14.4 Å². The number of benzene rings is 2. The summed E-state index contributed by atoms with van der Waals surface area (Å²) in [5.41, 5.74) is 1.80. The Morgan fingerprint density at radius 2 is 1.97 bits per heavy atom. The number of ketones is 1. The summed E-state index contributed by atoms with van der Waals surface area (Å²) in [6.07, 6.45) is -0.0346. The minimum absolute atomic E-state index is 0.0146. The van der Waals surface area contributed by atoms with Gasteiger partial charge >= 0.3 is 5.97 Å². The molecule has 0 saturated carbocycles. The van der Waals surface area contributed by atoms with E-state index in [1.165, 1.54) is 6.07 Å². The number of amides is 1. The Morgan fingerprint density at radius 1 is 1.16 bits per heavy atom. The summed E-state index contributed by atoms with van der Waals surface area (Å²) in [6, 6.07) is 11.9. The first-order chi connectivity index (χ1) is 14.9. The Bertz CT molecular complexity index is 1160. The van der Waals surface area contributed by atoms with Crippen LogP contribution in [-0.2, 0) is 20.9 Å². The van der Waals surface area contributed by atoms with Crippen molar-refractivity contribution in [3.63, 3.8) is 0 Å². The highest BCUT2D eigenvalue weighted by molar-refractivity contribution is 6.03. The lowest BCUT2D eigenvalue weighted by atomic mass is 10.1. The van der Waals surface area contributed by atoms with E-state index < -0.39 is 18.4 Å². The van der Waals surface area contributed by atoms with Gasteiger partial charge in [-0.1, -0.05) is 18.2 Å². The van der Waals surface area contributed by atoms with Gasteiger partial charge in [0.05, 0.1) is 18.4 Å². The minimum Gasteiger partial charge on any atom is -0.482 e. The van der Waals surface area contributed by atoms with Crippen molar-refractivity contribution < 1.29 is 33.0 Å². The second-order valence-electron chi connectivity index (χ2n) is 7.31. The summed E-state index contributed by atoms with van der Waals surface area (Å²) >= 11 is 0. The fraction of sp³-hybridized carbons (Fsp3) is 0.261. The van der Waals surface area contributed by atoms with Gasteiger partial charge in [0.1, 0.15) is 11.3 Å². The molecule has 3 aromatic rings. The molecule has 1 aliphatic rings. The number of furan rings is 1. The van der Waals surface area contributed by atoms with E-state index in [1.54, 1.807) is 24.3 Å². The summed E-state index contributed by atoms with van der Waals surface area (Å²) < 4.78 is 21.9. The Hall–Kier alpha value is -3.65. The molecule has 1 aromatic heterocycles. The Balaban J connectivity index is 1.49. The largest absolute Gasteiger partial charge is 0.482 e. The van der Waals surface area contributed by atoms with Gasteiger partial charge in [-0.25, -0.2) is 4.79 Å². The number of ether oxygens (including phenoxy) is 3. The second-order valence-corrected chi connectivity index (χ2v) is 7.31. The lowest BCUT2D eigenvalue weighted by Crippen LogP contribution is -2.25. The fourth-order valence-corrected chi connectivity index (χ4v) is 3.19. The highest BCUT2D eigenvalue weighted by Crippen LogP contribution is 2.29. The minimum atomic E-state index is -0.749. The van der Waals surface area contributed by atoms with E-state index in [4.69, 9.17) is 18.6 Å². The van der Waals surface area contributed by atoms with E-state index >= 15 is 0 Å². The number of esters is 1. The zero-order valence-electron chi connectivity index (χ0n) is 17.1. The highest BCUT2D eigenvalue weighted by Gasteiger charge is 2.24. The van der Waals surface area contributed by atoms with Gasteiger partial charge in [0, 0.05) is 16.5 Å². The molecule has 8 heteroatoms. The van der Waals surface area contributed by atoms with Crippen molar-refractivity contribution in [2.75, 3.05) is 18.5 Å². The molecule has 0 bridgehead atoms. The van der Waals surface area contributed by atoms with Gasteiger partial charge < -0.3 is 23.9 Å². The average Bonchev–Trinajstić information content (AvgIpc) is 3.14. The molecule has 0 saturated heterocycles. The highest BCUT2D eigenvalue weighted by atomic mass is 16.5. The maximum atomic E-state index is 12.7. The van der Waals surface area contributed by atoms with Crippen molar-refractivity contribution in [2.45, 2.75) is 26.6 Å². The summed E-state index contributed by atoms with van der Waals surface area (Å²) in [5.74, 6) is -0.982. The maximum Gasteiger partial charge on any atom is 0.375 e. The molecular weight excluding hydrogens is 402 g/mol. The summed E-state index contributed by atoms with van der Waals surface area (Å²) in [6.45, 7) is 3.42. The van der Waals surface area contributed by atoms with E-state index in [0.717, 1.165) is 5.39 Å². The third-order valence-corrected chi connectivity index (χ3v) is 4.71. The molecule has 1 N–H and O–H groups in total. The van der Waals surface area contributed by atoms with Gasteiger partial charge in [-0.05, 0) is 38.1 Å². The van der Waals surface area contributed by atoms with Crippen LogP contribution in [0.1, 0.15) is 40.3 Å². The number of hydrogen-bond acceptors (Lipinski definition) is 7. The number of hydrogen-bond donors (Lipinski definition) is 1. The van der Waals surface area contributed by atoms with Crippen LogP contribution in [0.5, 0.6) is 5.75 Å². The Morgan fingerprint density at radius 3 is 2.77 bits per heavy atom. The molecule has 31 heavy (non-hydrogen) atoms. The lowest BCUT2D eigenvalue weighted by molar-refractivity contribution is -0.118. The maximum absolute atomic E-state index is 12.7. The first-order valence-electron chi connectivity index (χ1n) is 9.81. The molecule has 1 aliphatic heterocycles. The zero-order valence-corrected chi connectivity index (χ0v) is 17.1. The number of para-hydroxylation sites is 1. The third-order valence-electron chi connectivity index (χ3n) is 4.71. The first-order valence-corrected chi connectivity index (χ1v) is 9.81. The SMILES string of the molecule is CC(C)OCc1c(C(=O)OCC(=O)c2ccc3c(c2)NC(=O)CO3)oc2ccccc12. The van der Waals surface area contributed by atoms with Gasteiger partial charge in [0.15, 0.2) is 19.0 Å². The van der Waals surface area contributed by atoms with Crippen LogP contribution in [0.4, 0.5) is 5.69 Å². The lowest BCUT2D eigenvalue weighted by Gasteiger charge is -2.18. The van der Waals surface area contributed by atoms with Gasteiger partial charge in [-0.3, -0.25) is 9.59 Å². The molecule has 0 aliphatic carbocycles. The van der Waals surface area contributed by atoms with Gasteiger partial charge in [0.2, 0.25) is 5.76 Å². The molecule has 0 fully saturated rings. The van der Waals surface area contributed by atoms with Crippen molar-refractivity contribution >= 4 is 34.3 Å². The predicted octanol–water partition coefficient (Wildman–Crippen LogP) is 3.73. The van der Waals surface area contributed by atoms with Gasteiger partial charge in [-0.2, -0.15) is 0 Å². The predicted molar refractivity (Wildman–Crippen MR) is 111 cm³/mol. The van der Waals surface area contributed by atoms with E-state index in [0.29, 0.717) is 22.6 Å². The van der Waals surface area contributed by atoms with Crippen LogP contribution in [0, 0.1) is 0 Å². The number of carbonyl (C=O) groups excluding carboxylic acids is 3. The number of fused-ring (bicyclic) bond motifs is 2. The van der Waals surface area contributed by atoms with Crippen molar-refractivity contribution in [1.29, 1.82) is 0 Å². The van der Waals surface area contributed by atoms with E-state index in [-0.39, 0.29) is 36.5 Å². The molecule has 4 rings (SSSR count). The molecule has 0 atom stereocenters. The van der Waals surface area contributed by atoms with Crippen LogP contribution < -0.4 is 10.1 Å². The average molecular weight is 423 g/mol. The monoisotopic (exact) mass is 423 g/mol. The topological polar surface area (TPSA) is 104 Å². The van der Waals surface area contributed by atoms with E-state index in [2.05, 4.69) is 5.32 Å². The molecule has 0 spiro atoms. The molecule has 2 aromatic carbocycles. The Kier molecular flexibility index (Phi) is 5.73. The first kappa shape index (κ1) is 20.6. The fourth-order valence-electron chi connectivity index (χ4n) is 3.19. The second kappa shape index (κ2) is 8.61. The van der Waals surface area contributed by atoms with E-state index in [1.807, 2.05) is 26.0 Å². The normalized spacial score (nSPS) is 12.9. The van der Waals surface area contributed by atoms with Gasteiger partial charge in [0.25, 0.3) is 5.91 Å². The van der Waals surface area contributed by atoms with Crippen molar-refractivity contribution in [3.8, 4) is 5.75 Å². The quantitative estimate of drug-likeness (QED) is 0.456.